The van der Waals surface area contributed by atoms with Gasteiger partial charge in [0.15, 0.2) is 0 Å². The molecule has 0 radical (unpaired) electrons. The number of amides is 1. The molecule has 1 fully saturated rings. The summed E-state index contributed by atoms with van der Waals surface area (Å²) in [7, 11) is 0. The lowest BCUT2D eigenvalue weighted by molar-refractivity contribution is -0.122. The first-order valence-electron chi connectivity index (χ1n) is 11.2. The Balaban J connectivity index is 1.42. The lowest BCUT2D eigenvalue weighted by Crippen LogP contribution is -2.27. The minimum absolute atomic E-state index is 0.219. The molecule has 0 spiro atoms. The van der Waals surface area contributed by atoms with E-state index >= 15 is 0 Å². The lowest BCUT2D eigenvalue weighted by Gasteiger charge is -2.14. The lowest BCUT2D eigenvalue weighted by atomic mass is 10.2. The van der Waals surface area contributed by atoms with Gasteiger partial charge in [-0.1, -0.05) is 42.2 Å². The molecule has 8 nitrogen and oxygen atoms in total. The van der Waals surface area contributed by atoms with Gasteiger partial charge < -0.3 is 9.88 Å². The van der Waals surface area contributed by atoms with Crippen LogP contribution in [0.15, 0.2) is 77.1 Å². The summed E-state index contributed by atoms with van der Waals surface area (Å²) < 4.78 is 17.1. The summed E-state index contributed by atoms with van der Waals surface area (Å²) in [6.07, 6.45) is 9.34. The number of halogens is 1. The molecule has 1 aliphatic rings. The smallest absolute Gasteiger partial charge is 0.267 e. The first kappa shape index (κ1) is 23.9. The van der Waals surface area contributed by atoms with Gasteiger partial charge in [-0.05, 0) is 42.3 Å². The van der Waals surface area contributed by atoms with Gasteiger partial charge in [-0.3, -0.25) is 18.9 Å². The average molecular weight is 521 g/mol. The standard InChI is InChI=1S/C25H21FN6O2S2/c26-18-7-5-17(6-8-18)15-32-24(34)20(36-25(32)35)14-19-22(28-9-3-11-30-13-10-27-16-30)29-21-4-1-2-12-31(21)23(19)33/h1-2,4-8,10,12-14,16,28H,3,9,11,15H2/b20-14-. The number of thiocarbonyl (C=S) groups is 1. The van der Waals surface area contributed by atoms with E-state index in [1.807, 2.05) is 16.8 Å². The number of aryl methyl sites for hydroxylation is 1. The van der Waals surface area contributed by atoms with Gasteiger partial charge >= 0.3 is 0 Å². The second-order valence-corrected chi connectivity index (χ2v) is 9.76. The van der Waals surface area contributed by atoms with Crippen LogP contribution in [0, 0.1) is 5.82 Å². The number of hydrogen-bond acceptors (Lipinski definition) is 7. The summed E-state index contributed by atoms with van der Waals surface area (Å²) in [5.41, 5.74) is 1.24. The number of aromatic nitrogens is 4. The fraction of sp³-hybridized carbons (Fsp3) is 0.160. The zero-order chi connectivity index (χ0) is 25.1. The number of nitrogens with one attached hydrogen (secondary N) is 1. The molecule has 1 aromatic carbocycles. The third-order valence-electron chi connectivity index (χ3n) is 5.62. The maximum absolute atomic E-state index is 13.4. The molecule has 0 unspecified atom stereocenters. The quantitative estimate of drug-likeness (QED) is 0.214. The third-order valence-corrected chi connectivity index (χ3v) is 6.99. The Morgan fingerprint density at radius 2 is 1.94 bits per heavy atom. The summed E-state index contributed by atoms with van der Waals surface area (Å²) in [6, 6.07) is 11.2. The van der Waals surface area contributed by atoms with Crippen molar-refractivity contribution in [3.05, 3.63) is 99.6 Å². The van der Waals surface area contributed by atoms with E-state index < -0.39 is 0 Å². The fourth-order valence-corrected chi connectivity index (χ4v) is 5.03. The molecule has 4 heterocycles. The van der Waals surface area contributed by atoms with Crippen LogP contribution < -0.4 is 10.9 Å². The summed E-state index contributed by atoms with van der Waals surface area (Å²) in [4.78, 5) is 37.0. The number of thioether (sulfide) groups is 1. The van der Waals surface area contributed by atoms with Crippen molar-refractivity contribution in [2.45, 2.75) is 19.5 Å². The number of anilines is 1. The Morgan fingerprint density at radius 1 is 1.11 bits per heavy atom. The van der Waals surface area contributed by atoms with Crippen LogP contribution in [-0.4, -0.2) is 40.6 Å². The van der Waals surface area contributed by atoms with Crippen LogP contribution in [0.25, 0.3) is 11.7 Å². The minimum atomic E-state index is -0.349. The number of benzene rings is 1. The number of pyridine rings is 1. The highest BCUT2D eigenvalue weighted by Crippen LogP contribution is 2.34. The van der Waals surface area contributed by atoms with Crippen molar-refractivity contribution in [1.29, 1.82) is 0 Å². The van der Waals surface area contributed by atoms with Crippen molar-refractivity contribution >= 4 is 51.7 Å². The Bertz CT molecular complexity index is 1520. The van der Waals surface area contributed by atoms with Gasteiger partial charge in [0.1, 0.15) is 21.6 Å². The van der Waals surface area contributed by atoms with Crippen molar-refractivity contribution in [2.24, 2.45) is 0 Å². The van der Waals surface area contributed by atoms with E-state index in [2.05, 4.69) is 15.3 Å². The molecule has 1 saturated heterocycles. The first-order valence-corrected chi connectivity index (χ1v) is 12.4. The highest BCUT2D eigenvalue weighted by molar-refractivity contribution is 8.26. The molecule has 3 aromatic heterocycles. The van der Waals surface area contributed by atoms with Crippen LogP contribution in [-0.2, 0) is 17.9 Å². The first-order chi connectivity index (χ1) is 17.5. The van der Waals surface area contributed by atoms with Crippen molar-refractivity contribution < 1.29 is 9.18 Å². The fourth-order valence-electron chi connectivity index (χ4n) is 3.79. The minimum Gasteiger partial charge on any atom is -0.369 e. The van der Waals surface area contributed by atoms with E-state index in [0.717, 1.165) is 30.3 Å². The van der Waals surface area contributed by atoms with Crippen molar-refractivity contribution in [3.8, 4) is 0 Å². The third kappa shape index (κ3) is 5.07. The zero-order valence-corrected chi connectivity index (χ0v) is 20.6. The molecule has 0 bridgehead atoms. The molecule has 5 rings (SSSR count). The Hall–Kier alpha value is -3.83. The Kier molecular flexibility index (Phi) is 6.92. The van der Waals surface area contributed by atoms with E-state index in [9.17, 15) is 14.0 Å². The average Bonchev–Trinajstić information content (AvgIpc) is 3.49. The summed E-state index contributed by atoms with van der Waals surface area (Å²) in [6.45, 7) is 1.55. The summed E-state index contributed by atoms with van der Waals surface area (Å²) >= 11 is 6.56. The van der Waals surface area contributed by atoms with Gasteiger partial charge in [0.2, 0.25) is 0 Å². The van der Waals surface area contributed by atoms with Crippen LogP contribution in [0.2, 0.25) is 0 Å². The molecule has 0 atom stereocenters. The summed E-state index contributed by atoms with van der Waals surface area (Å²) in [5.74, 6) is -0.253. The maximum atomic E-state index is 13.4. The molecule has 0 aliphatic carbocycles. The van der Waals surface area contributed by atoms with E-state index in [1.165, 1.54) is 21.4 Å². The molecule has 182 valence electrons. The van der Waals surface area contributed by atoms with Crippen LogP contribution >= 0.6 is 24.0 Å². The predicted octanol–water partition coefficient (Wildman–Crippen LogP) is 3.93. The van der Waals surface area contributed by atoms with Crippen molar-refractivity contribution in [3.63, 3.8) is 0 Å². The number of nitrogens with zero attached hydrogens (tertiary/aromatic N) is 5. The van der Waals surface area contributed by atoms with E-state index in [4.69, 9.17) is 12.2 Å². The van der Waals surface area contributed by atoms with Crippen LogP contribution in [0.5, 0.6) is 0 Å². The SMILES string of the molecule is O=C1/C(=C/c2c(NCCCn3ccnc3)nc3ccccn3c2=O)SC(=S)N1Cc1ccc(F)cc1. The normalized spacial score (nSPS) is 14.8. The van der Waals surface area contributed by atoms with Crippen molar-refractivity contribution in [2.75, 3.05) is 11.9 Å². The molecule has 1 N–H and O–H groups in total. The van der Waals surface area contributed by atoms with Gasteiger partial charge in [-0.2, -0.15) is 0 Å². The summed E-state index contributed by atoms with van der Waals surface area (Å²) in [5, 5.41) is 3.26. The molecule has 4 aromatic rings. The van der Waals surface area contributed by atoms with Gasteiger partial charge in [-0.15, -0.1) is 0 Å². The molecular formula is C25H21FN6O2S2. The van der Waals surface area contributed by atoms with Crippen LogP contribution in [0.1, 0.15) is 17.5 Å². The second-order valence-electron chi connectivity index (χ2n) is 8.08. The zero-order valence-electron chi connectivity index (χ0n) is 19.0. The number of imidazole rings is 1. The maximum Gasteiger partial charge on any atom is 0.267 e. The topological polar surface area (TPSA) is 84.5 Å². The van der Waals surface area contributed by atoms with Gasteiger partial charge in [0.25, 0.3) is 11.5 Å². The highest BCUT2D eigenvalue weighted by atomic mass is 32.2. The van der Waals surface area contributed by atoms with Crippen LogP contribution in [0.4, 0.5) is 10.2 Å². The van der Waals surface area contributed by atoms with E-state index in [1.54, 1.807) is 49.1 Å². The number of hydrogen-bond donors (Lipinski definition) is 1. The van der Waals surface area contributed by atoms with Gasteiger partial charge in [0, 0.05) is 31.7 Å². The van der Waals surface area contributed by atoms with Gasteiger partial charge in [0.05, 0.1) is 23.3 Å². The molecule has 0 saturated carbocycles. The van der Waals surface area contributed by atoms with Gasteiger partial charge in [-0.25, -0.2) is 14.4 Å². The second kappa shape index (κ2) is 10.4. The molecular weight excluding hydrogens is 499 g/mol. The number of carbonyl (C=O) groups is 1. The predicted molar refractivity (Wildman–Crippen MR) is 142 cm³/mol. The Morgan fingerprint density at radius 3 is 2.72 bits per heavy atom. The molecule has 36 heavy (non-hydrogen) atoms. The van der Waals surface area contributed by atoms with Crippen LogP contribution in [0.3, 0.4) is 0 Å². The largest absolute Gasteiger partial charge is 0.369 e. The molecule has 1 amide bonds. The van der Waals surface area contributed by atoms with E-state index in [0.29, 0.717) is 27.2 Å². The highest BCUT2D eigenvalue weighted by Gasteiger charge is 2.32. The number of rotatable bonds is 8. The van der Waals surface area contributed by atoms with Crippen molar-refractivity contribution in [1.82, 2.24) is 23.8 Å². The van der Waals surface area contributed by atoms with E-state index in [-0.39, 0.29) is 29.4 Å². The molecule has 1 aliphatic heterocycles. The number of carbonyl (C=O) groups excluding carboxylic acids is 1. The Labute approximate surface area is 215 Å². The monoisotopic (exact) mass is 520 g/mol. The number of fused-ring (bicyclic) bond motifs is 1. The molecule has 11 heteroatoms.